The van der Waals surface area contributed by atoms with Gasteiger partial charge in [0.1, 0.15) is 19.3 Å². The van der Waals surface area contributed by atoms with Crippen molar-refractivity contribution in [3.05, 3.63) is 0 Å². The molecular weight excluding hydrogens is 534 g/mol. The average Bonchev–Trinajstić information content (AvgIpc) is 2.86. The molecule has 0 spiro atoms. The van der Waals surface area contributed by atoms with Gasteiger partial charge in [-0.3, -0.25) is 19.2 Å². The van der Waals surface area contributed by atoms with Gasteiger partial charge in [-0.25, -0.2) is 0 Å². The van der Waals surface area contributed by atoms with E-state index in [2.05, 4.69) is 21.0 Å². The fraction of sp³-hybridized carbons (Fsp3) is 0.867. The second kappa shape index (κ2) is 19.8. The predicted octanol–water partition coefficient (Wildman–Crippen LogP) is 4.08. The molecule has 1 heterocycles. The lowest BCUT2D eigenvalue weighted by Crippen LogP contribution is -2.63. The van der Waals surface area contributed by atoms with Gasteiger partial charge in [0.25, 0.3) is 0 Å². The molecule has 5 atom stereocenters. The maximum atomic E-state index is 12.0. The molecule has 0 aromatic rings. The normalized spacial score (nSPS) is 22.6. The number of unbranched alkanes of at least 4 members (excludes halogenated alkanes) is 9. The van der Waals surface area contributed by atoms with E-state index in [1.54, 1.807) is 0 Å². The Morgan fingerprint density at radius 3 is 1.63 bits per heavy atom. The van der Waals surface area contributed by atoms with Crippen molar-refractivity contribution in [2.45, 2.75) is 130 Å². The van der Waals surface area contributed by atoms with Gasteiger partial charge >= 0.3 is 23.9 Å². The molecule has 0 unspecified atom stereocenters. The van der Waals surface area contributed by atoms with Crippen LogP contribution in [0.5, 0.6) is 0 Å². The quantitative estimate of drug-likeness (QED) is 0.0889. The fourth-order valence-corrected chi connectivity index (χ4v) is 4.88. The first-order chi connectivity index (χ1) is 19.4. The molecule has 0 radical (unpaired) electrons. The third kappa shape index (κ3) is 16.1. The number of rotatable bonds is 20. The number of nitrogens with zero attached hydrogens (tertiary/aromatic N) is 1. The van der Waals surface area contributed by atoms with Crippen LogP contribution in [0.15, 0.2) is 0 Å². The summed E-state index contributed by atoms with van der Waals surface area (Å²) >= 11 is 0. The molecule has 0 aromatic heterocycles. The van der Waals surface area contributed by atoms with Crippen LogP contribution in [0.2, 0.25) is 0 Å². The molecule has 1 fully saturated rings. The summed E-state index contributed by atoms with van der Waals surface area (Å²) in [5.74, 6) is -2.56. The van der Waals surface area contributed by atoms with E-state index >= 15 is 0 Å². The van der Waals surface area contributed by atoms with Gasteiger partial charge in [-0.1, -0.05) is 58.3 Å². The summed E-state index contributed by atoms with van der Waals surface area (Å²) in [7, 11) is 4.26. The molecule has 1 saturated heterocycles. The number of carbonyl (C=O) groups is 4. The lowest BCUT2D eigenvalue weighted by molar-refractivity contribution is -0.891. The van der Waals surface area contributed by atoms with Gasteiger partial charge in [-0.05, 0) is 12.8 Å². The van der Waals surface area contributed by atoms with Crippen molar-refractivity contribution >= 4 is 23.9 Å². The lowest BCUT2D eigenvalue weighted by atomic mass is 9.98. The van der Waals surface area contributed by atoms with Crippen LogP contribution >= 0.6 is 0 Å². The highest BCUT2D eigenvalue weighted by Gasteiger charge is 2.52. The van der Waals surface area contributed by atoms with Crippen LogP contribution in [-0.4, -0.2) is 99.5 Å². The average molecular weight is 589 g/mol. The third-order valence-corrected chi connectivity index (χ3v) is 7.04. The van der Waals surface area contributed by atoms with Gasteiger partial charge in [-0.15, -0.1) is 0 Å². The highest BCUT2D eigenvalue weighted by molar-refractivity contribution is 5.68. The highest BCUT2D eigenvalue weighted by Crippen LogP contribution is 2.30. The monoisotopic (exact) mass is 588 g/mol. The van der Waals surface area contributed by atoms with Crippen LogP contribution in [0, 0.1) is 0 Å². The Hall–Kier alpha value is -2.24. The minimum Gasteiger partial charge on any atom is -0.463 e. The van der Waals surface area contributed by atoms with Crippen LogP contribution in [0.4, 0.5) is 0 Å². The van der Waals surface area contributed by atoms with E-state index in [4.69, 9.17) is 28.4 Å². The molecule has 1 aliphatic rings. The van der Waals surface area contributed by atoms with Crippen LogP contribution in [0.25, 0.3) is 0 Å². The molecule has 0 amide bonds. The Balaban J connectivity index is 2.76. The van der Waals surface area contributed by atoms with Gasteiger partial charge in [0.05, 0.1) is 27.2 Å². The van der Waals surface area contributed by atoms with E-state index in [9.17, 15) is 19.2 Å². The van der Waals surface area contributed by atoms with Crippen molar-refractivity contribution in [1.82, 2.24) is 0 Å². The van der Waals surface area contributed by atoms with Crippen molar-refractivity contribution in [2.24, 2.45) is 0 Å². The molecule has 11 heteroatoms. The summed E-state index contributed by atoms with van der Waals surface area (Å²) in [5.41, 5.74) is 0. The Bertz CT molecular complexity index is 802. The Labute approximate surface area is 246 Å². The van der Waals surface area contributed by atoms with E-state index in [1.165, 1.54) is 85.5 Å². The molecule has 0 aromatic carbocycles. The molecule has 1 rings (SSSR count). The minimum absolute atomic E-state index is 0.262. The fourth-order valence-electron chi connectivity index (χ4n) is 4.88. The summed E-state index contributed by atoms with van der Waals surface area (Å²) in [6.07, 6.45) is 7.00. The maximum Gasteiger partial charge on any atom is 0.303 e. The molecule has 0 saturated carbocycles. The zero-order valence-corrected chi connectivity index (χ0v) is 26.3. The Morgan fingerprint density at radius 2 is 1.12 bits per heavy atom. The summed E-state index contributed by atoms with van der Waals surface area (Å²) in [5, 5.41) is 0. The Morgan fingerprint density at radius 1 is 0.634 bits per heavy atom. The second-order valence-electron chi connectivity index (χ2n) is 11.5. The first kappa shape index (κ1) is 36.8. The Kier molecular flexibility index (Phi) is 17.8. The first-order valence-electron chi connectivity index (χ1n) is 15.1. The van der Waals surface area contributed by atoms with Crippen molar-refractivity contribution < 1.29 is 52.1 Å². The van der Waals surface area contributed by atoms with E-state index in [-0.39, 0.29) is 13.2 Å². The van der Waals surface area contributed by atoms with Gasteiger partial charge < -0.3 is 32.9 Å². The van der Waals surface area contributed by atoms with Gasteiger partial charge in [0, 0.05) is 27.7 Å². The van der Waals surface area contributed by atoms with Crippen LogP contribution in [0.3, 0.4) is 0 Å². The predicted molar refractivity (Wildman–Crippen MR) is 152 cm³/mol. The molecule has 238 valence electrons. The molecule has 11 nitrogen and oxygen atoms in total. The molecule has 0 N–H and O–H groups in total. The summed E-state index contributed by atoms with van der Waals surface area (Å²) in [6.45, 7) is 8.68. The molecule has 41 heavy (non-hydrogen) atoms. The smallest absolute Gasteiger partial charge is 0.303 e. The highest BCUT2D eigenvalue weighted by atomic mass is 16.7. The molecule has 0 bridgehead atoms. The van der Waals surface area contributed by atoms with Gasteiger partial charge in [0.15, 0.2) is 24.6 Å². The second-order valence-corrected chi connectivity index (χ2v) is 11.5. The summed E-state index contributed by atoms with van der Waals surface area (Å²) in [6, 6.07) is 0. The number of ether oxygens (including phenoxy) is 6. The summed E-state index contributed by atoms with van der Waals surface area (Å²) < 4.78 is 34.2. The number of esters is 4. The van der Waals surface area contributed by atoms with Crippen molar-refractivity contribution in [3.8, 4) is 0 Å². The number of quaternary nitrogens is 1. The third-order valence-electron chi connectivity index (χ3n) is 7.04. The molecule has 0 aliphatic carbocycles. The van der Waals surface area contributed by atoms with Crippen molar-refractivity contribution in [2.75, 3.05) is 40.4 Å². The molecular formula is C30H54NO10+. The van der Waals surface area contributed by atoms with Crippen molar-refractivity contribution in [3.63, 3.8) is 0 Å². The number of hydrogen-bond donors (Lipinski definition) is 0. The van der Waals surface area contributed by atoms with E-state index in [0.29, 0.717) is 6.54 Å². The SMILES string of the molecule is CCCCCCCCCCCC[N+](C)(C)CCO[C@@H]1O[C@H](COC(C)=O)[C@@H](OC(C)=O)[C@H](OC(C)=O)[C@H]1OC(C)=O. The largest absolute Gasteiger partial charge is 0.463 e. The maximum absolute atomic E-state index is 12.0. The van der Waals surface area contributed by atoms with Crippen LogP contribution < -0.4 is 0 Å². The topological polar surface area (TPSA) is 124 Å². The van der Waals surface area contributed by atoms with E-state index in [1.807, 2.05) is 0 Å². The number of hydrogen-bond acceptors (Lipinski definition) is 10. The summed E-state index contributed by atoms with van der Waals surface area (Å²) in [4.78, 5) is 47.3. The first-order valence-corrected chi connectivity index (χ1v) is 15.1. The van der Waals surface area contributed by atoms with Gasteiger partial charge in [0.2, 0.25) is 0 Å². The van der Waals surface area contributed by atoms with E-state index < -0.39 is 54.6 Å². The molecule has 1 aliphatic heterocycles. The minimum atomic E-state index is -1.23. The zero-order chi connectivity index (χ0) is 30.8. The van der Waals surface area contributed by atoms with Crippen molar-refractivity contribution in [1.29, 1.82) is 0 Å². The van der Waals surface area contributed by atoms with Gasteiger partial charge in [-0.2, -0.15) is 0 Å². The van der Waals surface area contributed by atoms with E-state index in [0.717, 1.165) is 17.4 Å². The van der Waals surface area contributed by atoms with Crippen LogP contribution in [0.1, 0.15) is 98.8 Å². The standard InChI is InChI=1S/C30H54NO10/c1-8-9-10-11-12-13-14-15-16-17-18-31(6,7)19-20-36-30-29(40-25(5)35)28(39-24(4)34)27(38-23(3)33)26(41-30)21-37-22(2)32/h26-30H,8-21H2,1-7H3/q+1/t26-,27-,28+,29-,30-/m1/s1. The van der Waals surface area contributed by atoms with Crippen LogP contribution in [-0.2, 0) is 47.6 Å². The lowest BCUT2D eigenvalue weighted by Gasteiger charge is -2.44. The number of carbonyl (C=O) groups excluding carboxylic acids is 4. The number of likely N-dealkylation sites (N-methyl/N-ethyl adjacent to an activating group) is 1. The zero-order valence-electron chi connectivity index (χ0n) is 26.3.